The van der Waals surface area contributed by atoms with Gasteiger partial charge in [0.05, 0.1) is 0 Å². The van der Waals surface area contributed by atoms with Crippen molar-refractivity contribution in [2.75, 3.05) is 0 Å². The fourth-order valence-corrected chi connectivity index (χ4v) is 3.97. The van der Waals surface area contributed by atoms with Crippen LogP contribution in [0.4, 0.5) is 0 Å². The van der Waals surface area contributed by atoms with E-state index in [1.165, 1.54) is 60.1 Å². The molecule has 0 amide bonds. The first-order chi connectivity index (χ1) is 13.9. The number of benzene rings is 3. The van der Waals surface area contributed by atoms with Gasteiger partial charge in [-0.15, -0.1) is 0 Å². The number of rotatable bonds is 1. The molecule has 5 rings (SSSR count). The lowest BCUT2D eigenvalue weighted by Crippen LogP contribution is -1.89. The van der Waals surface area contributed by atoms with Crippen molar-refractivity contribution in [2.24, 2.45) is 0 Å². The van der Waals surface area contributed by atoms with E-state index in [1.807, 2.05) is 0 Å². The highest BCUT2D eigenvalue weighted by atomic mass is 14.1. The smallest absolute Gasteiger partial charge is 0.0178 e. The molecule has 0 heterocycles. The highest BCUT2D eigenvalue weighted by Crippen LogP contribution is 2.26. The van der Waals surface area contributed by atoms with E-state index in [0.717, 1.165) is 0 Å². The minimum Gasteiger partial charge on any atom is -0.0845 e. The van der Waals surface area contributed by atoms with Gasteiger partial charge in [0.1, 0.15) is 0 Å². The van der Waals surface area contributed by atoms with Gasteiger partial charge in [0.15, 0.2) is 0 Å². The van der Waals surface area contributed by atoms with Crippen molar-refractivity contribution in [3.63, 3.8) is 0 Å². The van der Waals surface area contributed by atoms with Crippen LogP contribution in [0.3, 0.4) is 0 Å². The topological polar surface area (TPSA) is 0 Å². The minimum atomic E-state index is 1.24. The van der Waals surface area contributed by atoms with Crippen LogP contribution >= 0.6 is 0 Å². The van der Waals surface area contributed by atoms with Crippen LogP contribution in [0.1, 0.15) is 38.5 Å². The fourth-order valence-electron chi connectivity index (χ4n) is 3.97. The second-order valence-corrected chi connectivity index (χ2v) is 7.57. The van der Waals surface area contributed by atoms with E-state index in [1.54, 1.807) is 11.1 Å². The van der Waals surface area contributed by atoms with Crippen LogP contribution in [0.25, 0.3) is 21.5 Å². The van der Waals surface area contributed by atoms with Crippen LogP contribution in [0, 0.1) is 0 Å². The molecule has 0 nitrogen and oxygen atoms in total. The van der Waals surface area contributed by atoms with Crippen molar-refractivity contribution in [1.29, 1.82) is 0 Å². The molecule has 140 valence electrons. The summed E-state index contributed by atoms with van der Waals surface area (Å²) in [7, 11) is 0. The first-order valence-corrected chi connectivity index (χ1v) is 10.5. The summed E-state index contributed by atoms with van der Waals surface area (Å²) in [5.74, 6) is 0. The average molecular weight is 365 g/mol. The Hall–Kier alpha value is -2.86. The summed E-state index contributed by atoms with van der Waals surface area (Å²) >= 11 is 0. The first-order valence-electron chi connectivity index (χ1n) is 10.5. The van der Waals surface area contributed by atoms with Gasteiger partial charge in [0, 0.05) is 0 Å². The number of hydrogen-bond acceptors (Lipinski definition) is 0. The van der Waals surface area contributed by atoms with Crippen molar-refractivity contribution < 1.29 is 0 Å². The Morgan fingerprint density at radius 3 is 1.29 bits per heavy atom. The molecular formula is C28H28. The third-order valence-electron chi connectivity index (χ3n) is 5.53. The quantitative estimate of drug-likeness (QED) is 0.381. The van der Waals surface area contributed by atoms with Crippen LogP contribution in [-0.2, 0) is 0 Å². The summed E-state index contributed by atoms with van der Waals surface area (Å²) in [5, 5.41) is 5.25. The Labute approximate surface area is 168 Å². The standard InChI is InChI=1S/C14H10.C14H18/c1-2-6-12-10-14-8-4-3-7-13(14)9-11(12)5-1;1-2-6-10-13(9-5-1)14-11-7-3-4-8-12-14/h1-10H;1,3,5,7,9,11H,2,4,6,8,10,12H2. The molecule has 0 bridgehead atoms. The molecule has 3 aromatic rings. The lowest BCUT2D eigenvalue weighted by molar-refractivity contribution is 0.801. The highest BCUT2D eigenvalue weighted by Gasteiger charge is 2.06. The first kappa shape index (κ1) is 18.5. The molecule has 0 atom stereocenters. The Bertz CT molecular complexity index is 923. The van der Waals surface area contributed by atoms with Gasteiger partial charge in [0.25, 0.3) is 0 Å². The Morgan fingerprint density at radius 2 is 0.893 bits per heavy atom. The molecule has 0 unspecified atom stereocenters. The second kappa shape index (κ2) is 9.37. The molecule has 0 saturated heterocycles. The predicted molar refractivity (Wildman–Crippen MR) is 124 cm³/mol. The van der Waals surface area contributed by atoms with Crippen LogP contribution in [-0.4, -0.2) is 0 Å². The highest BCUT2D eigenvalue weighted by molar-refractivity contribution is 5.98. The summed E-state index contributed by atoms with van der Waals surface area (Å²) in [6.07, 6.45) is 21.2. The molecule has 2 aliphatic rings. The van der Waals surface area contributed by atoms with Crippen molar-refractivity contribution in [1.82, 2.24) is 0 Å². The summed E-state index contributed by atoms with van der Waals surface area (Å²) in [4.78, 5) is 0. The third-order valence-corrected chi connectivity index (χ3v) is 5.53. The van der Waals surface area contributed by atoms with Crippen molar-refractivity contribution in [2.45, 2.75) is 38.5 Å². The van der Waals surface area contributed by atoms with E-state index in [-0.39, 0.29) is 0 Å². The van der Waals surface area contributed by atoms with E-state index in [4.69, 9.17) is 0 Å². The number of fused-ring (bicyclic) bond motifs is 2. The SMILES string of the molecule is C1=CCCCC(C2=CC=CCCC2)=C1.c1ccc2cc3ccccc3cc2c1. The number of hydrogen-bond donors (Lipinski definition) is 0. The Balaban J connectivity index is 0.000000137. The zero-order valence-corrected chi connectivity index (χ0v) is 16.5. The fraction of sp³-hybridized carbons (Fsp3) is 0.214. The molecule has 0 saturated carbocycles. The second-order valence-electron chi connectivity index (χ2n) is 7.57. The van der Waals surface area contributed by atoms with Crippen LogP contribution in [0.5, 0.6) is 0 Å². The van der Waals surface area contributed by atoms with Gasteiger partial charge in [0.2, 0.25) is 0 Å². The Morgan fingerprint density at radius 1 is 0.500 bits per heavy atom. The minimum absolute atomic E-state index is 1.24. The largest absolute Gasteiger partial charge is 0.0845 e. The maximum absolute atomic E-state index is 2.30. The zero-order valence-electron chi connectivity index (χ0n) is 16.5. The lowest BCUT2D eigenvalue weighted by Gasteiger charge is -2.08. The third kappa shape index (κ3) is 4.70. The van der Waals surface area contributed by atoms with Gasteiger partial charge in [-0.25, -0.2) is 0 Å². The maximum Gasteiger partial charge on any atom is -0.0178 e. The molecule has 3 aromatic carbocycles. The van der Waals surface area contributed by atoms with Gasteiger partial charge in [-0.2, -0.15) is 0 Å². The molecule has 2 aliphatic carbocycles. The summed E-state index contributed by atoms with van der Waals surface area (Å²) < 4.78 is 0. The van der Waals surface area contributed by atoms with Gasteiger partial charge in [-0.05, 0) is 83.3 Å². The normalized spacial score (nSPS) is 16.6. The van der Waals surface area contributed by atoms with Crippen molar-refractivity contribution in [3.8, 4) is 0 Å². The maximum atomic E-state index is 2.30. The Kier molecular flexibility index (Phi) is 6.19. The summed E-state index contributed by atoms with van der Waals surface area (Å²) in [6.45, 7) is 0. The van der Waals surface area contributed by atoms with Gasteiger partial charge < -0.3 is 0 Å². The van der Waals surface area contributed by atoms with E-state index in [9.17, 15) is 0 Å². The molecule has 0 N–H and O–H groups in total. The molecule has 0 aliphatic heterocycles. The molecule has 0 fully saturated rings. The molecule has 0 heteroatoms. The average Bonchev–Trinajstić information content (AvgIpc) is 3.18. The van der Waals surface area contributed by atoms with Crippen molar-refractivity contribution in [3.05, 3.63) is 108 Å². The van der Waals surface area contributed by atoms with Crippen LogP contribution < -0.4 is 0 Å². The monoisotopic (exact) mass is 364 g/mol. The lowest BCUT2D eigenvalue weighted by atomic mass is 9.97. The van der Waals surface area contributed by atoms with Crippen LogP contribution in [0.15, 0.2) is 108 Å². The summed E-state index contributed by atoms with van der Waals surface area (Å²) in [6, 6.07) is 21.4. The van der Waals surface area contributed by atoms with Gasteiger partial charge in [-0.3, -0.25) is 0 Å². The predicted octanol–water partition coefficient (Wildman–Crippen LogP) is 8.31. The zero-order chi connectivity index (χ0) is 19.0. The van der Waals surface area contributed by atoms with Gasteiger partial charge >= 0.3 is 0 Å². The molecule has 0 spiro atoms. The van der Waals surface area contributed by atoms with Crippen molar-refractivity contribution >= 4 is 21.5 Å². The molecule has 0 aromatic heterocycles. The number of allylic oxidation sites excluding steroid dienone is 8. The summed E-state index contributed by atoms with van der Waals surface area (Å²) in [5.41, 5.74) is 3.12. The van der Waals surface area contributed by atoms with E-state index in [0.29, 0.717) is 0 Å². The van der Waals surface area contributed by atoms with Crippen LogP contribution in [0.2, 0.25) is 0 Å². The van der Waals surface area contributed by atoms with E-state index in [2.05, 4.69) is 97.1 Å². The molecular weight excluding hydrogens is 336 g/mol. The molecule has 28 heavy (non-hydrogen) atoms. The van der Waals surface area contributed by atoms with E-state index < -0.39 is 0 Å². The van der Waals surface area contributed by atoms with Gasteiger partial charge in [-0.1, -0.05) is 85.0 Å². The van der Waals surface area contributed by atoms with E-state index >= 15 is 0 Å². The molecule has 0 radical (unpaired) electrons.